The second kappa shape index (κ2) is 7.12. The highest BCUT2D eigenvalue weighted by Gasteiger charge is 2.22. The average molecular weight is 290 g/mol. The lowest BCUT2D eigenvalue weighted by atomic mass is 10.0. The first-order valence-corrected chi connectivity index (χ1v) is 8.37. The van der Waals surface area contributed by atoms with Gasteiger partial charge >= 0.3 is 0 Å². The van der Waals surface area contributed by atoms with Gasteiger partial charge in [-0.25, -0.2) is 0 Å². The van der Waals surface area contributed by atoms with Crippen LogP contribution in [0, 0.1) is 5.92 Å². The van der Waals surface area contributed by atoms with Gasteiger partial charge in [0.05, 0.1) is 11.8 Å². The molecule has 1 amide bonds. The fourth-order valence-corrected chi connectivity index (χ4v) is 3.65. The number of nitrogens with zero attached hydrogens (tertiary/aromatic N) is 2. The fraction of sp³-hybridized carbons (Fsp3) is 0.706. The maximum atomic E-state index is 12.2. The van der Waals surface area contributed by atoms with Gasteiger partial charge in [0.25, 0.3) is 5.91 Å². The Bertz CT molecular complexity index is 430. The van der Waals surface area contributed by atoms with Crippen LogP contribution in [0.5, 0.6) is 0 Å². The molecule has 1 aromatic heterocycles. The fourth-order valence-electron chi connectivity index (χ4n) is 3.65. The van der Waals surface area contributed by atoms with E-state index in [-0.39, 0.29) is 5.91 Å². The van der Waals surface area contributed by atoms with Crippen LogP contribution in [0.25, 0.3) is 0 Å². The predicted molar refractivity (Wildman–Crippen MR) is 82.2 cm³/mol. The molecule has 2 heterocycles. The standard InChI is InChI=1S/C17H26N2O2/c20-17(16-7-13-21-14-16)19-11-9-18(10-12-19)8-3-6-15-4-1-2-5-15/h7,13-15H,1-6,8-12H2. The van der Waals surface area contributed by atoms with Gasteiger partial charge in [0.15, 0.2) is 0 Å². The number of carbonyl (C=O) groups excluding carboxylic acids is 1. The molecule has 0 atom stereocenters. The highest BCUT2D eigenvalue weighted by Crippen LogP contribution is 2.28. The largest absolute Gasteiger partial charge is 0.472 e. The minimum absolute atomic E-state index is 0.106. The molecule has 0 N–H and O–H groups in total. The van der Waals surface area contributed by atoms with Crippen LogP contribution in [0.4, 0.5) is 0 Å². The summed E-state index contributed by atoms with van der Waals surface area (Å²) in [7, 11) is 0. The Labute approximate surface area is 127 Å². The van der Waals surface area contributed by atoms with Crippen LogP contribution in [0.3, 0.4) is 0 Å². The second-order valence-electron chi connectivity index (χ2n) is 6.44. The Kier molecular flexibility index (Phi) is 4.96. The molecule has 0 spiro atoms. The van der Waals surface area contributed by atoms with Crippen molar-refractivity contribution in [2.45, 2.75) is 38.5 Å². The Morgan fingerprint density at radius 2 is 1.95 bits per heavy atom. The summed E-state index contributed by atoms with van der Waals surface area (Å²) in [5.74, 6) is 1.10. The molecule has 0 radical (unpaired) electrons. The number of hydrogen-bond donors (Lipinski definition) is 0. The quantitative estimate of drug-likeness (QED) is 0.836. The van der Waals surface area contributed by atoms with Gasteiger partial charge in [-0.1, -0.05) is 25.7 Å². The highest BCUT2D eigenvalue weighted by molar-refractivity contribution is 5.93. The second-order valence-corrected chi connectivity index (χ2v) is 6.44. The molecule has 1 saturated carbocycles. The van der Waals surface area contributed by atoms with Gasteiger partial charge < -0.3 is 9.32 Å². The highest BCUT2D eigenvalue weighted by atomic mass is 16.3. The van der Waals surface area contributed by atoms with Crippen molar-refractivity contribution >= 4 is 5.91 Å². The van der Waals surface area contributed by atoms with E-state index in [1.807, 2.05) is 4.90 Å². The van der Waals surface area contributed by atoms with Crippen LogP contribution in [0.15, 0.2) is 23.0 Å². The molecular weight excluding hydrogens is 264 g/mol. The number of carbonyl (C=O) groups is 1. The third-order valence-electron chi connectivity index (χ3n) is 4.99. The van der Waals surface area contributed by atoms with Crippen LogP contribution >= 0.6 is 0 Å². The van der Waals surface area contributed by atoms with Crippen LogP contribution in [-0.4, -0.2) is 48.4 Å². The van der Waals surface area contributed by atoms with E-state index in [0.717, 1.165) is 32.1 Å². The summed E-state index contributed by atoms with van der Waals surface area (Å²) in [4.78, 5) is 16.7. The first kappa shape index (κ1) is 14.6. The molecule has 116 valence electrons. The van der Waals surface area contributed by atoms with Gasteiger partial charge in [0, 0.05) is 26.2 Å². The van der Waals surface area contributed by atoms with E-state index in [0.29, 0.717) is 5.56 Å². The van der Waals surface area contributed by atoms with E-state index < -0.39 is 0 Å². The molecule has 0 unspecified atom stereocenters. The van der Waals surface area contributed by atoms with Crippen LogP contribution in [-0.2, 0) is 0 Å². The third kappa shape index (κ3) is 3.88. The van der Waals surface area contributed by atoms with E-state index in [1.54, 1.807) is 12.3 Å². The number of rotatable bonds is 5. The Morgan fingerprint density at radius 3 is 2.62 bits per heavy atom. The van der Waals surface area contributed by atoms with Crippen LogP contribution < -0.4 is 0 Å². The molecule has 21 heavy (non-hydrogen) atoms. The van der Waals surface area contributed by atoms with Crippen molar-refractivity contribution in [3.05, 3.63) is 24.2 Å². The summed E-state index contributed by atoms with van der Waals surface area (Å²) in [6, 6.07) is 1.75. The van der Waals surface area contributed by atoms with Crippen molar-refractivity contribution in [1.82, 2.24) is 9.80 Å². The molecule has 2 aliphatic rings. The van der Waals surface area contributed by atoms with Gasteiger partial charge in [-0.05, 0) is 31.4 Å². The van der Waals surface area contributed by atoms with Crippen molar-refractivity contribution in [1.29, 1.82) is 0 Å². The van der Waals surface area contributed by atoms with Crippen molar-refractivity contribution in [3.8, 4) is 0 Å². The van der Waals surface area contributed by atoms with Gasteiger partial charge in [-0.3, -0.25) is 9.69 Å². The molecule has 1 aliphatic carbocycles. The predicted octanol–water partition coefficient (Wildman–Crippen LogP) is 3.01. The molecule has 1 aromatic rings. The van der Waals surface area contributed by atoms with Crippen LogP contribution in [0.2, 0.25) is 0 Å². The number of amides is 1. The van der Waals surface area contributed by atoms with Gasteiger partial charge in [-0.15, -0.1) is 0 Å². The van der Waals surface area contributed by atoms with E-state index in [4.69, 9.17) is 4.42 Å². The minimum atomic E-state index is 0.106. The molecule has 0 aromatic carbocycles. The molecule has 3 rings (SSSR count). The average Bonchev–Trinajstić information content (AvgIpc) is 3.21. The summed E-state index contributed by atoms with van der Waals surface area (Å²) in [6.45, 7) is 4.90. The Balaban J connectivity index is 1.35. The lowest BCUT2D eigenvalue weighted by Crippen LogP contribution is -2.48. The van der Waals surface area contributed by atoms with Gasteiger partial charge in [0.1, 0.15) is 6.26 Å². The third-order valence-corrected chi connectivity index (χ3v) is 4.99. The van der Waals surface area contributed by atoms with E-state index >= 15 is 0 Å². The topological polar surface area (TPSA) is 36.7 Å². The summed E-state index contributed by atoms with van der Waals surface area (Å²) < 4.78 is 4.99. The Morgan fingerprint density at radius 1 is 1.19 bits per heavy atom. The van der Waals surface area contributed by atoms with Crippen molar-refractivity contribution in [3.63, 3.8) is 0 Å². The maximum absolute atomic E-state index is 12.2. The summed E-state index contributed by atoms with van der Waals surface area (Å²) in [5.41, 5.74) is 0.671. The molecule has 1 aliphatic heterocycles. The van der Waals surface area contributed by atoms with Gasteiger partial charge in [0.2, 0.25) is 0 Å². The number of hydrogen-bond acceptors (Lipinski definition) is 3. The zero-order chi connectivity index (χ0) is 14.5. The molecule has 0 bridgehead atoms. The maximum Gasteiger partial charge on any atom is 0.257 e. The normalized spacial score (nSPS) is 21.0. The van der Waals surface area contributed by atoms with Crippen LogP contribution in [0.1, 0.15) is 48.9 Å². The molecule has 4 nitrogen and oxygen atoms in total. The van der Waals surface area contributed by atoms with Gasteiger partial charge in [-0.2, -0.15) is 0 Å². The molecule has 4 heteroatoms. The zero-order valence-corrected chi connectivity index (χ0v) is 12.8. The van der Waals surface area contributed by atoms with Crippen molar-refractivity contribution in [2.75, 3.05) is 32.7 Å². The first-order valence-electron chi connectivity index (χ1n) is 8.37. The van der Waals surface area contributed by atoms with Crippen molar-refractivity contribution < 1.29 is 9.21 Å². The number of furan rings is 1. The monoisotopic (exact) mass is 290 g/mol. The lowest BCUT2D eigenvalue weighted by Gasteiger charge is -2.34. The van der Waals surface area contributed by atoms with E-state index in [9.17, 15) is 4.79 Å². The molecular formula is C17H26N2O2. The lowest BCUT2D eigenvalue weighted by molar-refractivity contribution is 0.0633. The van der Waals surface area contributed by atoms with E-state index in [2.05, 4.69) is 4.90 Å². The smallest absolute Gasteiger partial charge is 0.257 e. The Hall–Kier alpha value is -1.29. The van der Waals surface area contributed by atoms with Crippen molar-refractivity contribution in [2.24, 2.45) is 5.92 Å². The summed E-state index contributed by atoms with van der Waals surface area (Å²) in [6.07, 6.45) is 11.6. The molecule has 1 saturated heterocycles. The molecule has 2 fully saturated rings. The SMILES string of the molecule is O=C(c1ccoc1)N1CCN(CCCC2CCCC2)CC1. The minimum Gasteiger partial charge on any atom is -0.472 e. The first-order chi connectivity index (χ1) is 10.3. The van der Waals surface area contributed by atoms with E-state index in [1.165, 1.54) is 51.3 Å². The summed E-state index contributed by atoms with van der Waals surface area (Å²) in [5, 5.41) is 0. The number of piperazine rings is 1. The zero-order valence-electron chi connectivity index (χ0n) is 12.8. The summed E-state index contributed by atoms with van der Waals surface area (Å²) >= 11 is 0.